The van der Waals surface area contributed by atoms with Crippen molar-refractivity contribution < 1.29 is 4.42 Å². The molecule has 0 radical (unpaired) electrons. The van der Waals surface area contributed by atoms with Crippen molar-refractivity contribution in [3.63, 3.8) is 0 Å². The normalized spacial score (nSPS) is 14.9. The summed E-state index contributed by atoms with van der Waals surface area (Å²) in [6.45, 7) is 0. The molecule has 13 rings (SSSR count). The minimum absolute atomic E-state index is 0.523. The lowest BCUT2D eigenvalue weighted by molar-refractivity contribution is 0.669. The van der Waals surface area contributed by atoms with Crippen LogP contribution < -0.4 is 4.90 Å². The third kappa shape index (κ3) is 5.50. The second-order valence-corrected chi connectivity index (χ2v) is 17.8. The van der Waals surface area contributed by atoms with Crippen molar-refractivity contribution >= 4 is 72.1 Å². The van der Waals surface area contributed by atoms with Crippen molar-refractivity contribution in [1.29, 1.82) is 0 Å². The molecule has 11 aromatic rings. The van der Waals surface area contributed by atoms with E-state index in [2.05, 4.69) is 217 Å². The first kappa shape index (κ1) is 36.0. The molecule has 296 valence electrons. The molecule has 1 unspecified atom stereocenters. The maximum absolute atomic E-state index is 6.22. The summed E-state index contributed by atoms with van der Waals surface area (Å²) >= 11 is 1.93. The maximum atomic E-state index is 6.22. The van der Waals surface area contributed by atoms with Gasteiger partial charge in [-0.1, -0.05) is 164 Å². The summed E-state index contributed by atoms with van der Waals surface area (Å²) < 4.78 is 7.55. The molecule has 3 heteroatoms. The summed E-state index contributed by atoms with van der Waals surface area (Å²) in [6, 6.07) is 80.1. The number of fused-ring (bicyclic) bond motifs is 15. The number of allylic oxidation sites excluding steroid dienone is 1. The van der Waals surface area contributed by atoms with Crippen LogP contribution in [-0.4, -0.2) is 0 Å². The van der Waals surface area contributed by atoms with Gasteiger partial charge in [0.25, 0.3) is 0 Å². The van der Waals surface area contributed by atoms with Gasteiger partial charge in [-0.3, -0.25) is 0 Å². The molecule has 0 fully saturated rings. The first-order valence-corrected chi connectivity index (χ1v) is 22.5. The molecule has 0 saturated heterocycles. The van der Waals surface area contributed by atoms with Crippen molar-refractivity contribution in [2.75, 3.05) is 4.90 Å². The molecule has 0 bridgehead atoms. The molecule has 2 aliphatic carbocycles. The molecule has 0 aliphatic heterocycles. The highest BCUT2D eigenvalue weighted by Gasteiger charge is 2.53. The van der Waals surface area contributed by atoms with Gasteiger partial charge in [-0.05, 0) is 134 Å². The summed E-state index contributed by atoms with van der Waals surface area (Å²) in [4.78, 5) is 3.76. The fraction of sp³-hybridized carbons (Fsp3) is 0.0333. The number of para-hydroxylation sites is 3. The topological polar surface area (TPSA) is 16.4 Å². The molecule has 1 spiro atoms. The van der Waals surface area contributed by atoms with E-state index in [-0.39, 0.29) is 0 Å². The summed E-state index contributed by atoms with van der Waals surface area (Å²) in [5.74, 6) is 0. The van der Waals surface area contributed by atoms with Crippen LogP contribution >= 0.6 is 11.3 Å². The predicted octanol–water partition coefficient (Wildman–Crippen LogP) is 16.4. The van der Waals surface area contributed by atoms with Crippen molar-refractivity contribution in [2.24, 2.45) is 0 Å². The zero-order valence-corrected chi connectivity index (χ0v) is 35.1. The average molecular weight is 822 g/mol. The quantitative estimate of drug-likeness (QED) is 0.149. The minimum Gasteiger partial charge on any atom is -0.456 e. The Morgan fingerprint density at radius 3 is 1.92 bits per heavy atom. The average Bonchev–Trinajstić information content (AvgIpc) is 4.07. The first-order chi connectivity index (χ1) is 31.2. The second kappa shape index (κ2) is 14.2. The van der Waals surface area contributed by atoms with E-state index in [0.717, 1.165) is 51.0 Å². The first-order valence-electron chi connectivity index (χ1n) is 21.7. The van der Waals surface area contributed by atoms with Crippen molar-refractivity contribution in [2.45, 2.75) is 11.8 Å². The van der Waals surface area contributed by atoms with Crippen LogP contribution in [0.1, 0.15) is 38.9 Å². The Morgan fingerprint density at radius 1 is 0.476 bits per heavy atom. The number of thiophene rings is 1. The Labute approximate surface area is 370 Å². The molecule has 0 amide bonds. The van der Waals surface area contributed by atoms with Crippen LogP contribution in [0.5, 0.6) is 0 Å². The van der Waals surface area contributed by atoms with E-state index in [1.54, 1.807) is 0 Å². The van der Waals surface area contributed by atoms with Crippen LogP contribution in [0.15, 0.2) is 223 Å². The van der Waals surface area contributed by atoms with E-state index in [1.165, 1.54) is 70.6 Å². The van der Waals surface area contributed by atoms with Gasteiger partial charge in [-0.25, -0.2) is 0 Å². The molecule has 9 aromatic carbocycles. The lowest BCUT2D eigenvalue weighted by Crippen LogP contribution is -2.26. The lowest BCUT2D eigenvalue weighted by Gasteiger charge is -2.32. The van der Waals surface area contributed by atoms with Crippen LogP contribution in [0.25, 0.3) is 65.2 Å². The molecule has 0 saturated carbocycles. The minimum atomic E-state index is -0.523. The fourth-order valence-corrected chi connectivity index (χ4v) is 12.0. The summed E-state index contributed by atoms with van der Waals surface area (Å²) in [5, 5.41) is 3.61. The van der Waals surface area contributed by atoms with E-state index < -0.39 is 5.41 Å². The molecular formula is C60H39NOS. The number of anilines is 3. The number of furan rings is 1. The van der Waals surface area contributed by atoms with Gasteiger partial charge >= 0.3 is 0 Å². The van der Waals surface area contributed by atoms with Gasteiger partial charge in [-0.2, -0.15) is 0 Å². The zero-order valence-electron chi connectivity index (χ0n) is 34.3. The SMILES string of the molecule is C(=C(\Cc1ccc2c(c1)C1(c3ccccc3-2)c2cc(N(c3ccccc3)c3ccccc3)ccc2-c2sc3ccccc3c21)c1ccccc1)/c1ccc2oc3ccccc3c2c1. The van der Waals surface area contributed by atoms with Crippen LogP contribution in [0.4, 0.5) is 17.1 Å². The Hall–Kier alpha value is -7.72. The van der Waals surface area contributed by atoms with Gasteiger partial charge < -0.3 is 9.32 Å². The van der Waals surface area contributed by atoms with Gasteiger partial charge in [0.15, 0.2) is 0 Å². The third-order valence-corrected chi connectivity index (χ3v) is 14.5. The van der Waals surface area contributed by atoms with Gasteiger partial charge in [0.1, 0.15) is 11.2 Å². The summed E-state index contributed by atoms with van der Waals surface area (Å²) in [5.41, 5.74) is 19.0. The van der Waals surface area contributed by atoms with E-state index >= 15 is 0 Å². The summed E-state index contributed by atoms with van der Waals surface area (Å²) in [7, 11) is 0. The monoisotopic (exact) mass is 821 g/mol. The fourth-order valence-electron chi connectivity index (χ4n) is 10.7. The largest absolute Gasteiger partial charge is 0.456 e. The number of rotatable bonds is 7. The Kier molecular flexibility index (Phi) is 8.09. The van der Waals surface area contributed by atoms with Gasteiger partial charge in [-0.15, -0.1) is 11.3 Å². The number of hydrogen-bond acceptors (Lipinski definition) is 3. The van der Waals surface area contributed by atoms with Crippen LogP contribution in [-0.2, 0) is 11.8 Å². The molecule has 2 aromatic heterocycles. The molecule has 1 atom stereocenters. The summed E-state index contributed by atoms with van der Waals surface area (Å²) in [6.07, 6.45) is 3.14. The van der Waals surface area contributed by atoms with E-state index in [1.807, 2.05) is 23.5 Å². The third-order valence-electron chi connectivity index (χ3n) is 13.3. The van der Waals surface area contributed by atoms with E-state index in [4.69, 9.17) is 4.42 Å². The zero-order chi connectivity index (χ0) is 41.5. The van der Waals surface area contributed by atoms with Crippen LogP contribution in [0, 0.1) is 0 Å². The Bertz CT molecular complexity index is 3560. The molecular weight excluding hydrogens is 783 g/mol. The predicted molar refractivity (Wildman–Crippen MR) is 265 cm³/mol. The Balaban J connectivity index is 1.03. The van der Waals surface area contributed by atoms with Crippen LogP contribution in [0.2, 0.25) is 0 Å². The maximum Gasteiger partial charge on any atom is 0.135 e. The molecule has 63 heavy (non-hydrogen) atoms. The van der Waals surface area contributed by atoms with Crippen molar-refractivity contribution in [1.82, 2.24) is 0 Å². The van der Waals surface area contributed by atoms with Crippen molar-refractivity contribution in [3.8, 4) is 21.6 Å². The Morgan fingerprint density at radius 2 is 1.11 bits per heavy atom. The standard InChI is InChI=1S/C60H39NOS/c1-4-16-41(17-5-1)42(34-39-29-33-56-51(36-39)48-23-11-14-26-55(48)62-56)35-40-28-31-47-46-22-10-13-25-52(46)60(53(47)37-40)54-38-45(61(43-18-6-2-7-19-43)44-20-8-3-9-21-44)30-32-49(54)59-58(60)50-24-12-15-27-57(50)63-59/h1-34,36-38H,35H2/b42-34-. The highest BCUT2D eigenvalue weighted by Crippen LogP contribution is 2.66. The number of benzene rings is 9. The molecule has 2 nitrogen and oxygen atoms in total. The lowest BCUT2D eigenvalue weighted by atomic mass is 9.69. The van der Waals surface area contributed by atoms with Gasteiger partial charge in [0.05, 0.1) is 5.41 Å². The molecule has 0 N–H and O–H groups in total. The number of nitrogens with zero attached hydrogens (tertiary/aromatic N) is 1. The molecule has 2 aliphatic rings. The van der Waals surface area contributed by atoms with E-state index in [9.17, 15) is 0 Å². The van der Waals surface area contributed by atoms with Gasteiger partial charge in [0, 0.05) is 37.4 Å². The second-order valence-electron chi connectivity index (χ2n) is 16.8. The highest BCUT2D eigenvalue weighted by molar-refractivity contribution is 7.22. The molecule has 2 heterocycles. The van der Waals surface area contributed by atoms with Crippen molar-refractivity contribution in [3.05, 3.63) is 257 Å². The van der Waals surface area contributed by atoms with Crippen LogP contribution in [0.3, 0.4) is 0 Å². The number of hydrogen-bond donors (Lipinski definition) is 0. The highest BCUT2D eigenvalue weighted by atomic mass is 32.1. The smallest absolute Gasteiger partial charge is 0.135 e. The van der Waals surface area contributed by atoms with Gasteiger partial charge in [0.2, 0.25) is 0 Å². The van der Waals surface area contributed by atoms with E-state index in [0.29, 0.717) is 0 Å².